The Hall–Kier alpha value is -1.28. The molecule has 1 unspecified atom stereocenters. The van der Waals surface area contributed by atoms with E-state index in [1.54, 1.807) is 0 Å². The van der Waals surface area contributed by atoms with Crippen molar-refractivity contribution < 1.29 is 4.79 Å². The van der Waals surface area contributed by atoms with Crippen molar-refractivity contribution in [2.24, 2.45) is 5.92 Å². The molecule has 0 aromatic heterocycles. The predicted molar refractivity (Wildman–Crippen MR) is 70.0 cm³/mol. The van der Waals surface area contributed by atoms with E-state index in [0.717, 1.165) is 24.5 Å². The molecule has 1 amide bonds. The number of benzene rings is 1. The molecule has 17 heavy (non-hydrogen) atoms. The number of halogens is 1. The lowest BCUT2D eigenvalue weighted by Crippen LogP contribution is -2.27. The van der Waals surface area contributed by atoms with Gasteiger partial charge in [0, 0.05) is 30.5 Å². The van der Waals surface area contributed by atoms with E-state index >= 15 is 0 Å². The van der Waals surface area contributed by atoms with Crippen LogP contribution >= 0.6 is 11.6 Å². The number of hydrogen-bond donors (Lipinski definition) is 0. The summed E-state index contributed by atoms with van der Waals surface area (Å²) < 4.78 is 0. The molecular formula is C14H16ClNO. The van der Waals surface area contributed by atoms with Crippen LogP contribution in [0.2, 0.25) is 5.02 Å². The van der Waals surface area contributed by atoms with Gasteiger partial charge < -0.3 is 4.90 Å². The standard InChI is InChI=1S/C14H16ClNO/c1-2-11-9-14(17)16(10-11)8-7-12-3-5-13(15)6-4-12/h2-6,11H,1,7-10H2. The first-order valence-electron chi connectivity index (χ1n) is 5.84. The molecule has 1 aromatic carbocycles. The molecule has 1 aliphatic rings. The molecule has 0 aliphatic carbocycles. The van der Waals surface area contributed by atoms with E-state index in [4.69, 9.17) is 11.6 Å². The molecule has 3 heteroatoms. The van der Waals surface area contributed by atoms with Gasteiger partial charge in [-0.25, -0.2) is 0 Å². The number of carbonyl (C=O) groups is 1. The van der Waals surface area contributed by atoms with E-state index in [0.29, 0.717) is 12.3 Å². The van der Waals surface area contributed by atoms with Crippen LogP contribution < -0.4 is 0 Å². The van der Waals surface area contributed by atoms with Gasteiger partial charge in [0.25, 0.3) is 0 Å². The van der Waals surface area contributed by atoms with Crippen LogP contribution in [0.15, 0.2) is 36.9 Å². The van der Waals surface area contributed by atoms with Crippen LogP contribution in [0, 0.1) is 5.92 Å². The lowest BCUT2D eigenvalue weighted by molar-refractivity contribution is -0.127. The minimum Gasteiger partial charge on any atom is -0.342 e. The van der Waals surface area contributed by atoms with Crippen LogP contribution in [0.3, 0.4) is 0 Å². The SMILES string of the molecule is C=CC1CC(=O)N(CCc2ccc(Cl)cc2)C1. The molecule has 0 bridgehead atoms. The zero-order valence-corrected chi connectivity index (χ0v) is 10.5. The van der Waals surface area contributed by atoms with E-state index in [1.807, 2.05) is 35.2 Å². The van der Waals surface area contributed by atoms with Crippen molar-refractivity contribution in [3.63, 3.8) is 0 Å². The van der Waals surface area contributed by atoms with E-state index < -0.39 is 0 Å². The number of amides is 1. The normalized spacial score (nSPS) is 19.7. The van der Waals surface area contributed by atoms with Crippen LogP contribution in [0.5, 0.6) is 0 Å². The third-order valence-corrected chi connectivity index (χ3v) is 3.41. The Morgan fingerprint density at radius 3 is 2.71 bits per heavy atom. The van der Waals surface area contributed by atoms with E-state index in [9.17, 15) is 4.79 Å². The summed E-state index contributed by atoms with van der Waals surface area (Å²) >= 11 is 5.82. The molecular weight excluding hydrogens is 234 g/mol. The monoisotopic (exact) mass is 249 g/mol. The van der Waals surface area contributed by atoms with Gasteiger partial charge in [0.15, 0.2) is 0 Å². The van der Waals surface area contributed by atoms with Crippen molar-refractivity contribution in [2.75, 3.05) is 13.1 Å². The summed E-state index contributed by atoms with van der Waals surface area (Å²) in [4.78, 5) is 13.6. The van der Waals surface area contributed by atoms with Gasteiger partial charge in [-0.3, -0.25) is 4.79 Å². The van der Waals surface area contributed by atoms with Gasteiger partial charge >= 0.3 is 0 Å². The van der Waals surface area contributed by atoms with Gasteiger partial charge in [-0.15, -0.1) is 6.58 Å². The zero-order valence-electron chi connectivity index (χ0n) is 9.73. The topological polar surface area (TPSA) is 20.3 Å². The van der Waals surface area contributed by atoms with Crippen LogP contribution in [0.4, 0.5) is 0 Å². The number of carbonyl (C=O) groups excluding carboxylic acids is 1. The minimum atomic E-state index is 0.240. The number of likely N-dealkylation sites (tertiary alicyclic amines) is 1. The maximum absolute atomic E-state index is 11.7. The van der Waals surface area contributed by atoms with E-state index in [1.165, 1.54) is 5.56 Å². The van der Waals surface area contributed by atoms with Gasteiger partial charge in [0.05, 0.1) is 0 Å². The molecule has 90 valence electrons. The van der Waals surface area contributed by atoms with Gasteiger partial charge in [-0.1, -0.05) is 29.8 Å². The average molecular weight is 250 g/mol. The average Bonchev–Trinajstić information content (AvgIpc) is 2.69. The first kappa shape index (κ1) is 12.2. The second-order valence-electron chi connectivity index (χ2n) is 4.42. The van der Waals surface area contributed by atoms with Crippen LogP contribution in [-0.2, 0) is 11.2 Å². The molecule has 2 nitrogen and oxygen atoms in total. The molecule has 1 aromatic rings. The molecule has 0 saturated carbocycles. The summed E-state index contributed by atoms with van der Waals surface area (Å²) in [5.41, 5.74) is 1.21. The van der Waals surface area contributed by atoms with E-state index in [2.05, 4.69) is 6.58 Å². The van der Waals surface area contributed by atoms with E-state index in [-0.39, 0.29) is 5.91 Å². The van der Waals surface area contributed by atoms with Gasteiger partial charge in [0.1, 0.15) is 0 Å². The van der Waals surface area contributed by atoms with Crippen LogP contribution in [0.25, 0.3) is 0 Å². The highest BCUT2D eigenvalue weighted by Crippen LogP contribution is 2.19. The lowest BCUT2D eigenvalue weighted by Gasteiger charge is -2.15. The smallest absolute Gasteiger partial charge is 0.223 e. The summed E-state index contributed by atoms with van der Waals surface area (Å²) in [7, 11) is 0. The van der Waals surface area contributed by atoms with Crippen molar-refractivity contribution in [1.82, 2.24) is 4.90 Å². The molecule has 0 N–H and O–H groups in total. The van der Waals surface area contributed by atoms with Crippen molar-refractivity contribution in [3.05, 3.63) is 47.5 Å². The largest absolute Gasteiger partial charge is 0.342 e. The zero-order chi connectivity index (χ0) is 12.3. The molecule has 1 aliphatic heterocycles. The maximum Gasteiger partial charge on any atom is 0.223 e. The summed E-state index contributed by atoms with van der Waals surface area (Å²) in [5.74, 6) is 0.566. The van der Waals surface area contributed by atoms with Crippen molar-refractivity contribution in [2.45, 2.75) is 12.8 Å². The molecule has 2 rings (SSSR count). The maximum atomic E-state index is 11.7. The fraction of sp³-hybridized carbons (Fsp3) is 0.357. The minimum absolute atomic E-state index is 0.240. The van der Waals surface area contributed by atoms with Gasteiger partial charge in [-0.05, 0) is 24.1 Å². The molecule has 0 radical (unpaired) electrons. The second kappa shape index (κ2) is 5.37. The number of hydrogen-bond acceptors (Lipinski definition) is 1. The summed E-state index contributed by atoms with van der Waals surface area (Å²) in [6.45, 7) is 5.34. The molecule has 1 saturated heterocycles. The highest BCUT2D eigenvalue weighted by Gasteiger charge is 2.26. The summed E-state index contributed by atoms with van der Waals surface area (Å²) in [6.07, 6.45) is 3.37. The summed E-state index contributed by atoms with van der Waals surface area (Å²) in [6, 6.07) is 7.78. The van der Waals surface area contributed by atoms with Crippen molar-refractivity contribution >= 4 is 17.5 Å². The van der Waals surface area contributed by atoms with Crippen LogP contribution in [-0.4, -0.2) is 23.9 Å². The number of nitrogens with zero attached hydrogens (tertiary/aromatic N) is 1. The Kier molecular flexibility index (Phi) is 3.85. The Balaban J connectivity index is 1.88. The Bertz CT molecular complexity index is 413. The molecule has 1 atom stereocenters. The molecule has 1 heterocycles. The Morgan fingerprint density at radius 1 is 1.41 bits per heavy atom. The first-order valence-corrected chi connectivity index (χ1v) is 6.21. The fourth-order valence-electron chi connectivity index (χ4n) is 2.09. The molecule has 1 fully saturated rings. The lowest BCUT2D eigenvalue weighted by atomic mass is 10.1. The van der Waals surface area contributed by atoms with Crippen molar-refractivity contribution in [1.29, 1.82) is 0 Å². The summed E-state index contributed by atoms with van der Waals surface area (Å²) in [5, 5.41) is 0.748. The fourth-order valence-corrected chi connectivity index (χ4v) is 2.22. The van der Waals surface area contributed by atoms with Crippen LogP contribution in [0.1, 0.15) is 12.0 Å². The highest BCUT2D eigenvalue weighted by atomic mass is 35.5. The second-order valence-corrected chi connectivity index (χ2v) is 4.85. The third kappa shape index (κ3) is 3.10. The third-order valence-electron chi connectivity index (χ3n) is 3.16. The van der Waals surface area contributed by atoms with Gasteiger partial charge in [-0.2, -0.15) is 0 Å². The van der Waals surface area contributed by atoms with Crippen molar-refractivity contribution in [3.8, 4) is 0 Å². The Morgan fingerprint density at radius 2 is 2.12 bits per heavy atom. The van der Waals surface area contributed by atoms with Gasteiger partial charge in [0.2, 0.25) is 5.91 Å². The Labute approximate surface area is 107 Å². The highest BCUT2D eigenvalue weighted by molar-refractivity contribution is 6.30. The first-order chi connectivity index (χ1) is 8.19. The quantitative estimate of drug-likeness (QED) is 0.752. The number of rotatable bonds is 4. The predicted octanol–water partition coefficient (Wildman–Crippen LogP) is 2.92. The molecule has 0 spiro atoms.